The van der Waals surface area contributed by atoms with E-state index in [1.807, 2.05) is 12.3 Å². The van der Waals surface area contributed by atoms with Gasteiger partial charge >= 0.3 is 0 Å². The van der Waals surface area contributed by atoms with Crippen LogP contribution in [0.4, 0.5) is 0 Å². The molecular weight excluding hydrogens is 290 g/mol. The molecule has 0 unspecified atom stereocenters. The first-order chi connectivity index (χ1) is 8.66. The SMILES string of the molecule is Cc1csc2ncn(Cc3scnc3Cl)c(=O)c12. The fourth-order valence-corrected chi connectivity index (χ4v) is 3.56. The van der Waals surface area contributed by atoms with Crippen molar-refractivity contribution in [2.75, 3.05) is 0 Å². The average molecular weight is 298 g/mol. The maximum absolute atomic E-state index is 12.3. The lowest BCUT2D eigenvalue weighted by atomic mass is 10.3. The number of halogens is 1. The van der Waals surface area contributed by atoms with Gasteiger partial charge in [-0.3, -0.25) is 9.36 Å². The molecule has 0 amide bonds. The Morgan fingerprint density at radius 1 is 1.39 bits per heavy atom. The molecule has 0 spiro atoms. The smallest absolute Gasteiger partial charge is 0.262 e. The van der Waals surface area contributed by atoms with Crippen LogP contribution in [0.5, 0.6) is 0 Å². The Labute approximate surface area is 116 Å². The number of rotatable bonds is 2. The number of thiophene rings is 1. The molecule has 0 aromatic carbocycles. The predicted molar refractivity (Wildman–Crippen MR) is 74.8 cm³/mol. The number of hydrogen-bond donors (Lipinski definition) is 0. The highest BCUT2D eigenvalue weighted by molar-refractivity contribution is 7.16. The van der Waals surface area contributed by atoms with E-state index in [0.29, 0.717) is 17.1 Å². The van der Waals surface area contributed by atoms with Gasteiger partial charge in [-0.1, -0.05) is 11.6 Å². The van der Waals surface area contributed by atoms with Gasteiger partial charge in [-0.2, -0.15) is 0 Å². The molecule has 92 valence electrons. The molecule has 0 atom stereocenters. The molecule has 3 heterocycles. The number of nitrogens with zero attached hydrogens (tertiary/aromatic N) is 3. The third-order valence-corrected chi connectivity index (χ3v) is 4.91. The zero-order valence-electron chi connectivity index (χ0n) is 9.38. The molecule has 0 radical (unpaired) electrons. The molecule has 3 aromatic heterocycles. The van der Waals surface area contributed by atoms with Gasteiger partial charge in [0, 0.05) is 0 Å². The summed E-state index contributed by atoms with van der Waals surface area (Å²) in [4.78, 5) is 22.2. The first-order valence-corrected chi connectivity index (χ1v) is 7.31. The lowest BCUT2D eigenvalue weighted by Crippen LogP contribution is -2.20. The molecule has 0 saturated heterocycles. The second-order valence-electron chi connectivity index (χ2n) is 3.84. The molecule has 7 heteroatoms. The molecule has 18 heavy (non-hydrogen) atoms. The van der Waals surface area contributed by atoms with Crippen LogP contribution in [0.1, 0.15) is 10.4 Å². The Kier molecular flexibility index (Phi) is 2.93. The lowest BCUT2D eigenvalue weighted by Gasteiger charge is -2.03. The second-order valence-corrected chi connectivity index (χ2v) is 6.00. The maximum atomic E-state index is 12.3. The minimum Gasteiger partial charge on any atom is -0.293 e. The van der Waals surface area contributed by atoms with Crippen molar-refractivity contribution in [1.29, 1.82) is 0 Å². The van der Waals surface area contributed by atoms with Gasteiger partial charge in [0.25, 0.3) is 5.56 Å². The fourth-order valence-electron chi connectivity index (χ4n) is 1.73. The summed E-state index contributed by atoms with van der Waals surface area (Å²) in [5, 5.41) is 3.10. The van der Waals surface area contributed by atoms with Gasteiger partial charge in [-0.05, 0) is 17.9 Å². The van der Waals surface area contributed by atoms with Crippen molar-refractivity contribution in [1.82, 2.24) is 14.5 Å². The first kappa shape index (κ1) is 11.8. The van der Waals surface area contributed by atoms with E-state index in [1.54, 1.807) is 16.4 Å². The van der Waals surface area contributed by atoms with Gasteiger partial charge < -0.3 is 0 Å². The predicted octanol–water partition coefficient (Wildman–Crippen LogP) is 2.92. The molecule has 3 aromatic rings. The Balaban J connectivity index is 2.13. The Morgan fingerprint density at radius 2 is 2.22 bits per heavy atom. The number of hydrogen-bond acceptors (Lipinski definition) is 5. The molecule has 3 rings (SSSR count). The van der Waals surface area contributed by atoms with Crippen LogP contribution in [-0.2, 0) is 6.54 Å². The van der Waals surface area contributed by atoms with Gasteiger partial charge in [0.2, 0.25) is 0 Å². The third-order valence-electron chi connectivity index (χ3n) is 2.65. The zero-order valence-corrected chi connectivity index (χ0v) is 11.8. The van der Waals surface area contributed by atoms with Crippen molar-refractivity contribution in [3.63, 3.8) is 0 Å². The molecule has 0 N–H and O–H groups in total. The first-order valence-electron chi connectivity index (χ1n) is 5.18. The van der Waals surface area contributed by atoms with E-state index in [9.17, 15) is 4.79 Å². The van der Waals surface area contributed by atoms with Crippen molar-refractivity contribution in [3.8, 4) is 0 Å². The largest absolute Gasteiger partial charge is 0.293 e. The quantitative estimate of drug-likeness (QED) is 0.731. The van der Waals surface area contributed by atoms with Crippen LogP contribution in [0.15, 0.2) is 22.0 Å². The van der Waals surface area contributed by atoms with E-state index in [2.05, 4.69) is 9.97 Å². The summed E-state index contributed by atoms with van der Waals surface area (Å²) in [6, 6.07) is 0. The van der Waals surface area contributed by atoms with Crippen molar-refractivity contribution in [2.45, 2.75) is 13.5 Å². The van der Waals surface area contributed by atoms with Crippen molar-refractivity contribution in [3.05, 3.63) is 43.2 Å². The van der Waals surface area contributed by atoms with E-state index in [-0.39, 0.29) is 5.56 Å². The van der Waals surface area contributed by atoms with E-state index < -0.39 is 0 Å². The van der Waals surface area contributed by atoms with Gasteiger partial charge in [0.15, 0.2) is 0 Å². The molecule has 4 nitrogen and oxygen atoms in total. The van der Waals surface area contributed by atoms with Crippen LogP contribution >= 0.6 is 34.3 Å². The van der Waals surface area contributed by atoms with E-state index in [4.69, 9.17) is 11.6 Å². The molecule has 0 aliphatic carbocycles. The summed E-state index contributed by atoms with van der Waals surface area (Å²) in [7, 11) is 0. The van der Waals surface area contributed by atoms with Crippen LogP contribution < -0.4 is 5.56 Å². The topological polar surface area (TPSA) is 47.8 Å². The van der Waals surface area contributed by atoms with Crippen LogP contribution in [0.3, 0.4) is 0 Å². The van der Waals surface area contributed by atoms with Gasteiger partial charge in [-0.15, -0.1) is 22.7 Å². The number of aryl methyl sites for hydroxylation is 1. The molecular formula is C11H8ClN3OS2. The van der Waals surface area contributed by atoms with Gasteiger partial charge in [0.1, 0.15) is 9.98 Å². The minimum atomic E-state index is -0.0248. The summed E-state index contributed by atoms with van der Waals surface area (Å²) in [5.74, 6) is 0. The summed E-state index contributed by atoms with van der Waals surface area (Å²) in [5.41, 5.74) is 2.62. The highest BCUT2D eigenvalue weighted by Crippen LogP contribution is 2.21. The highest BCUT2D eigenvalue weighted by Gasteiger charge is 2.11. The Bertz CT molecular complexity index is 774. The number of thiazole rings is 1. The third kappa shape index (κ3) is 1.86. The number of aromatic nitrogens is 3. The summed E-state index contributed by atoms with van der Waals surface area (Å²) in [6.45, 7) is 2.34. The molecule has 0 aliphatic heterocycles. The standard InChI is InChI=1S/C11H8ClN3OS2/c1-6-3-17-10-8(6)11(16)15(4-13-10)2-7-9(12)14-5-18-7/h3-5H,2H2,1H3. The number of fused-ring (bicyclic) bond motifs is 1. The van der Waals surface area contributed by atoms with Crippen LogP contribution in [0.2, 0.25) is 5.15 Å². The normalized spacial score (nSPS) is 11.2. The summed E-state index contributed by atoms with van der Waals surface area (Å²) in [6.07, 6.45) is 1.57. The monoisotopic (exact) mass is 297 g/mol. The average Bonchev–Trinajstić information content (AvgIpc) is 2.91. The lowest BCUT2D eigenvalue weighted by molar-refractivity contribution is 0.757. The molecule has 0 bridgehead atoms. The van der Waals surface area contributed by atoms with E-state index >= 15 is 0 Å². The van der Waals surface area contributed by atoms with Crippen molar-refractivity contribution >= 4 is 44.5 Å². The zero-order chi connectivity index (χ0) is 12.7. The summed E-state index contributed by atoms with van der Waals surface area (Å²) < 4.78 is 1.57. The Hall–Kier alpha value is -1.24. The van der Waals surface area contributed by atoms with E-state index in [0.717, 1.165) is 15.3 Å². The molecule has 0 saturated carbocycles. The van der Waals surface area contributed by atoms with Crippen molar-refractivity contribution < 1.29 is 0 Å². The van der Waals surface area contributed by atoms with Gasteiger partial charge in [-0.25, -0.2) is 9.97 Å². The fraction of sp³-hybridized carbons (Fsp3) is 0.182. The van der Waals surface area contributed by atoms with Crippen LogP contribution in [0.25, 0.3) is 10.2 Å². The molecule has 0 fully saturated rings. The van der Waals surface area contributed by atoms with E-state index in [1.165, 1.54) is 22.7 Å². The maximum Gasteiger partial charge on any atom is 0.262 e. The van der Waals surface area contributed by atoms with Crippen LogP contribution in [0, 0.1) is 6.92 Å². The highest BCUT2D eigenvalue weighted by atomic mass is 35.5. The minimum absolute atomic E-state index is 0.0248. The van der Waals surface area contributed by atoms with Crippen LogP contribution in [-0.4, -0.2) is 14.5 Å². The van der Waals surface area contributed by atoms with Gasteiger partial charge in [0.05, 0.1) is 28.6 Å². The van der Waals surface area contributed by atoms with Crippen molar-refractivity contribution in [2.24, 2.45) is 0 Å². The second kappa shape index (κ2) is 4.46. The summed E-state index contributed by atoms with van der Waals surface area (Å²) >= 11 is 8.86. The molecule has 0 aliphatic rings. The Morgan fingerprint density at radius 3 is 2.94 bits per heavy atom.